The third-order valence-electron chi connectivity index (χ3n) is 11.4. The number of ether oxygens (including phenoxy) is 4. The number of carbonyl (C=O) groups excluding carboxylic acids is 3. The van der Waals surface area contributed by atoms with Gasteiger partial charge in [-0.25, -0.2) is 14.4 Å². The van der Waals surface area contributed by atoms with Crippen molar-refractivity contribution in [2.75, 3.05) is 40.3 Å². The number of aliphatic hydroxyl groups is 4. The van der Waals surface area contributed by atoms with Gasteiger partial charge < -0.3 is 93.0 Å². The summed E-state index contributed by atoms with van der Waals surface area (Å²) in [6, 6.07) is -5.53. The summed E-state index contributed by atoms with van der Waals surface area (Å²) < 4.78 is 23.6. The molecule has 8 unspecified atom stereocenters. The van der Waals surface area contributed by atoms with E-state index >= 15 is 0 Å². The topological polar surface area (TPSA) is 435 Å². The lowest BCUT2D eigenvalue weighted by molar-refractivity contribution is -0.231. The molecule has 1 aromatic rings. The number of nitrogens with one attached hydrogen (secondary N) is 7. The highest BCUT2D eigenvalue weighted by molar-refractivity contribution is 5.94. The Hall–Kier alpha value is -5.14. The maximum atomic E-state index is 13.0. The Labute approximate surface area is 390 Å². The van der Waals surface area contributed by atoms with Crippen molar-refractivity contribution in [3.05, 3.63) is 33.1 Å². The van der Waals surface area contributed by atoms with Crippen molar-refractivity contribution in [1.82, 2.24) is 41.5 Å². The fourth-order valence-corrected chi connectivity index (χ4v) is 7.56. The van der Waals surface area contributed by atoms with Crippen molar-refractivity contribution in [3.63, 3.8) is 0 Å². The summed E-state index contributed by atoms with van der Waals surface area (Å²) in [5.41, 5.74) is 9.75. The molecule has 15 atom stereocenters. The van der Waals surface area contributed by atoms with Gasteiger partial charge in [0, 0.05) is 32.5 Å². The van der Waals surface area contributed by atoms with Crippen LogP contribution in [0, 0.1) is 11.8 Å². The number of nitrogens with zero attached hydrogens (tertiary/aromatic N) is 2. The third-order valence-corrected chi connectivity index (χ3v) is 11.4. The minimum absolute atomic E-state index is 0.0748. The van der Waals surface area contributed by atoms with Crippen molar-refractivity contribution in [2.45, 2.75) is 139 Å². The zero-order valence-corrected chi connectivity index (χ0v) is 38.9. The van der Waals surface area contributed by atoms with Crippen LogP contribution in [0.5, 0.6) is 0 Å². The van der Waals surface area contributed by atoms with Crippen LogP contribution >= 0.6 is 0 Å². The molecule has 4 heterocycles. The number of methoxy groups -OCH3 is 1. The van der Waals surface area contributed by atoms with Gasteiger partial charge in [0.05, 0.1) is 12.1 Å². The van der Waals surface area contributed by atoms with Gasteiger partial charge in [-0.05, 0) is 51.7 Å². The number of ketones is 1. The molecule has 2 saturated heterocycles. The predicted molar refractivity (Wildman–Crippen MR) is 238 cm³/mol. The van der Waals surface area contributed by atoms with Crippen molar-refractivity contribution in [2.24, 2.45) is 28.3 Å². The SMILES string of the molecule is CC(=O)C(NC(=O)C(NC(=O)NC(C(=O)O)C(C)C)C1CCN=C(N)N1)C(O)C(C)C.CNCCCNC(C(=O)O)C(OC1O[C@H](CN)[C@@H](O)[C@H]1OC)[C@H]1O[C@@H](n2ccc(=O)[nH]c2=O)[C@H](O)[C@@H]1O. The van der Waals surface area contributed by atoms with Crippen molar-refractivity contribution in [1.29, 1.82) is 0 Å². The molecule has 3 aliphatic heterocycles. The highest BCUT2D eigenvalue weighted by Crippen LogP contribution is 2.35. The molecule has 0 radical (unpaired) electrons. The van der Waals surface area contributed by atoms with E-state index < -0.39 is 138 Å². The van der Waals surface area contributed by atoms with Crippen molar-refractivity contribution in [3.8, 4) is 0 Å². The van der Waals surface area contributed by atoms with Crippen LogP contribution in [0.3, 0.4) is 0 Å². The number of rotatable bonds is 23. The number of guanidine groups is 1. The number of aliphatic carboxylic acids is 2. The van der Waals surface area contributed by atoms with Gasteiger partial charge in [0.2, 0.25) is 5.91 Å². The number of hydrogen-bond donors (Lipinski definition) is 15. The Bertz CT molecular complexity index is 1990. The summed E-state index contributed by atoms with van der Waals surface area (Å²) in [5.74, 6) is -4.34. The molecule has 1 aromatic heterocycles. The van der Waals surface area contributed by atoms with E-state index in [2.05, 4.69) is 36.9 Å². The maximum absolute atomic E-state index is 13.0. The number of H-pyrrole nitrogens is 1. The van der Waals surface area contributed by atoms with E-state index in [9.17, 15) is 64.2 Å². The summed E-state index contributed by atoms with van der Waals surface area (Å²) in [4.78, 5) is 90.9. The molecule has 0 aliphatic carbocycles. The molecule has 3 aliphatic rings. The average Bonchev–Trinajstić information content (AvgIpc) is 3.74. The third kappa shape index (κ3) is 15.2. The van der Waals surface area contributed by atoms with E-state index in [0.717, 1.165) is 16.8 Å². The molecule has 17 N–H and O–H groups in total. The lowest BCUT2D eigenvalue weighted by atomic mass is 9.95. The number of carboxylic acid groups (broad SMARTS) is 2. The summed E-state index contributed by atoms with van der Waals surface area (Å²) >= 11 is 0. The number of aromatic amines is 1. The molecule has 0 aromatic carbocycles. The normalized spacial score (nSPS) is 27.3. The van der Waals surface area contributed by atoms with E-state index in [0.29, 0.717) is 25.9 Å². The Morgan fingerprint density at radius 3 is 2.13 bits per heavy atom. The molecular weight excluding hydrogens is 906 g/mol. The quantitative estimate of drug-likeness (QED) is 0.0454. The largest absolute Gasteiger partial charge is 0.480 e. The second kappa shape index (κ2) is 26.6. The summed E-state index contributed by atoms with van der Waals surface area (Å²) in [6.07, 6.45) is -11.4. The molecule has 4 rings (SSSR count). The predicted octanol–water partition coefficient (Wildman–Crippen LogP) is -6.22. The maximum Gasteiger partial charge on any atom is 0.330 e. The second-order valence-electron chi connectivity index (χ2n) is 17.1. The Kier molecular flexibility index (Phi) is 22.3. The van der Waals surface area contributed by atoms with E-state index in [1.165, 1.54) is 14.0 Å². The Morgan fingerprint density at radius 1 is 0.941 bits per heavy atom. The number of carboxylic acids is 2. The summed E-state index contributed by atoms with van der Waals surface area (Å²) in [6.45, 7) is 8.97. The van der Waals surface area contributed by atoms with Gasteiger partial charge in [-0.15, -0.1) is 0 Å². The van der Waals surface area contributed by atoms with Gasteiger partial charge in [0.25, 0.3) is 5.56 Å². The lowest BCUT2D eigenvalue weighted by Gasteiger charge is -2.34. The van der Waals surface area contributed by atoms with E-state index in [-0.39, 0.29) is 25.0 Å². The van der Waals surface area contributed by atoms with Gasteiger partial charge in [-0.2, -0.15) is 0 Å². The first-order valence-electron chi connectivity index (χ1n) is 22.0. The minimum atomic E-state index is -1.72. The zero-order chi connectivity index (χ0) is 51.2. The molecule has 2 fully saturated rings. The van der Waals surface area contributed by atoms with Crippen LogP contribution in [0.4, 0.5) is 4.79 Å². The molecule has 68 heavy (non-hydrogen) atoms. The lowest BCUT2D eigenvalue weighted by Crippen LogP contribution is -2.65. The van der Waals surface area contributed by atoms with Gasteiger partial charge in [0.1, 0.15) is 66.9 Å². The van der Waals surface area contributed by atoms with Gasteiger partial charge in [0.15, 0.2) is 24.3 Å². The fraction of sp³-hybridized carbons (Fsp3) is 0.750. The molecule has 28 heteroatoms. The van der Waals surface area contributed by atoms with Crippen molar-refractivity contribution >= 4 is 35.6 Å². The molecular formula is C40H69N11O17. The van der Waals surface area contributed by atoms with E-state index in [4.69, 9.17) is 30.4 Å². The summed E-state index contributed by atoms with van der Waals surface area (Å²) in [7, 11) is 3.04. The number of hydrogen-bond acceptors (Lipinski definition) is 21. The van der Waals surface area contributed by atoms with E-state index in [1.54, 1.807) is 34.7 Å². The highest BCUT2D eigenvalue weighted by Gasteiger charge is 2.54. The first-order valence-corrected chi connectivity index (χ1v) is 22.0. The van der Waals surface area contributed by atoms with E-state index in [1.807, 2.05) is 4.98 Å². The van der Waals surface area contributed by atoms with Crippen LogP contribution in [-0.4, -0.2) is 201 Å². The monoisotopic (exact) mass is 975 g/mol. The zero-order valence-electron chi connectivity index (χ0n) is 38.9. The minimum Gasteiger partial charge on any atom is -0.480 e. The van der Waals surface area contributed by atoms with Crippen molar-refractivity contribution < 1.29 is 73.6 Å². The van der Waals surface area contributed by atoms with Crippen LogP contribution in [0.25, 0.3) is 0 Å². The van der Waals surface area contributed by atoms with Crippen LogP contribution < -0.4 is 54.6 Å². The van der Waals surface area contributed by atoms with Crippen LogP contribution in [0.1, 0.15) is 53.7 Å². The molecule has 386 valence electrons. The number of nitrogens with two attached hydrogens (primary N) is 2. The highest BCUT2D eigenvalue weighted by atomic mass is 16.7. The first kappa shape index (κ1) is 57.2. The number of aliphatic hydroxyl groups excluding tert-OH is 4. The average molecular weight is 976 g/mol. The molecule has 28 nitrogen and oxygen atoms in total. The van der Waals surface area contributed by atoms with Gasteiger partial charge in [-0.1, -0.05) is 27.7 Å². The molecule has 0 bridgehead atoms. The number of amides is 3. The smallest absolute Gasteiger partial charge is 0.330 e. The van der Waals surface area contributed by atoms with Crippen LogP contribution in [0.15, 0.2) is 26.8 Å². The molecule has 3 amide bonds. The molecule has 0 saturated carbocycles. The first-order chi connectivity index (χ1) is 32.0. The number of urea groups is 1. The summed E-state index contributed by atoms with van der Waals surface area (Å²) in [5, 5.41) is 77.5. The number of carbonyl (C=O) groups is 5. The van der Waals surface area contributed by atoms with Crippen LogP contribution in [-0.2, 0) is 38.1 Å². The number of aliphatic imine (C=N–C) groups is 1. The standard InChI is InChI=1S/C21H35N5O11.C19H34N6O6/c1-23-5-3-6-24-11(19(31)32)15(37-20-17(34-2)12(28)9(8-22)35-20)16-13(29)14(30)18(36-16)26-7-4-10(27)25-21(26)33;1-8(2)12(17(29)30)24-19(31)25-14(11-6-7-21-18(20)22-11)16(28)23-13(10(5)26)15(27)9(3)4/h4,7,9,11-18,20,23-24,28-30H,3,5-6,8,22H2,1-2H3,(H,31,32)(H,25,27,33);8-9,11-15,27H,6-7H2,1-5H3,(H,23,28)(H,29,30)(H3,20,21,22)(H2,24,25,31)/t9-,11?,12-,13+,14-,15?,16+,17-,18-,20?;/m1./s1. The Balaban J connectivity index is 0.000000367. The second-order valence-corrected chi connectivity index (χ2v) is 17.1. The fourth-order valence-electron chi connectivity index (χ4n) is 7.56. The number of aromatic nitrogens is 2. The van der Waals surface area contributed by atoms with Gasteiger partial charge >= 0.3 is 23.7 Å². The Morgan fingerprint density at radius 2 is 1.60 bits per heavy atom. The van der Waals surface area contributed by atoms with Gasteiger partial charge in [-0.3, -0.25) is 33.7 Å². The van der Waals surface area contributed by atoms with Crippen LogP contribution in [0.2, 0.25) is 0 Å². The number of Topliss-reactive ketones (excluding diaryl/α,β-unsaturated/α-hetero) is 1. The molecule has 0 spiro atoms.